The molecule has 0 aromatic heterocycles. The van der Waals surface area contributed by atoms with E-state index in [9.17, 15) is 10.1 Å². The first kappa shape index (κ1) is 14.3. The summed E-state index contributed by atoms with van der Waals surface area (Å²) in [6.07, 6.45) is 7.88. The lowest BCUT2D eigenvalue weighted by molar-refractivity contribution is -0.384. The predicted molar refractivity (Wildman–Crippen MR) is 82.9 cm³/mol. The van der Waals surface area contributed by atoms with Crippen LogP contribution in [-0.2, 0) is 6.54 Å². The monoisotopic (exact) mass is 289 g/mol. The second-order valence-corrected chi connectivity index (χ2v) is 6.36. The lowest BCUT2D eigenvalue weighted by atomic mass is 9.95. The molecule has 1 atom stereocenters. The van der Waals surface area contributed by atoms with Gasteiger partial charge in [0.2, 0.25) is 0 Å². The van der Waals surface area contributed by atoms with E-state index >= 15 is 0 Å². The zero-order valence-corrected chi connectivity index (χ0v) is 12.3. The van der Waals surface area contributed by atoms with Crippen LogP contribution in [0.15, 0.2) is 18.2 Å². The molecule has 1 heterocycles. The summed E-state index contributed by atoms with van der Waals surface area (Å²) >= 11 is 0. The lowest BCUT2D eigenvalue weighted by Crippen LogP contribution is -2.34. The van der Waals surface area contributed by atoms with Gasteiger partial charge in [-0.15, -0.1) is 0 Å². The molecule has 21 heavy (non-hydrogen) atoms. The number of nitrogens with zero attached hydrogens (tertiary/aromatic N) is 2. The number of nitrogens with two attached hydrogens (primary N) is 1. The fourth-order valence-electron chi connectivity index (χ4n) is 3.99. The molecule has 1 saturated carbocycles. The fraction of sp³-hybridized carbons (Fsp3) is 0.625. The van der Waals surface area contributed by atoms with E-state index in [2.05, 4.69) is 4.90 Å². The Morgan fingerprint density at radius 1 is 1.24 bits per heavy atom. The fourth-order valence-corrected chi connectivity index (χ4v) is 3.99. The molecule has 1 aromatic rings. The van der Waals surface area contributed by atoms with E-state index < -0.39 is 0 Å². The van der Waals surface area contributed by atoms with Gasteiger partial charge < -0.3 is 5.73 Å². The van der Waals surface area contributed by atoms with Crippen LogP contribution in [-0.4, -0.2) is 22.4 Å². The lowest BCUT2D eigenvalue weighted by Gasteiger charge is -2.29. The molecule has 1 aliphatic heterocycles. The predicted octanol–water partition coefficient (Wildman–Crippen LogP) is 3.33. The van der Waals surface area contributed by atoms with Crippen LogP contribution >= 0.6 is 0 Å². The van der Waals surface area contributed by atoms with Crippen LogP contribution in [0.5, 0.6) is 0 Å². The van der Waals surface area contributed by atoms with Crippen LogP contribution in [0.3, 0.4) is 0 Å². The second-order valence-electron chi connectivity index (χ2n) is 6.36. The van der Waals surface area contributed by atoms with Crippen molar-refractivity contribution >= 4 is 11.4 Å². The van der Waals surface area contributed by atoms with E-state index in [0.717, 1.165) is 24.6 Å². The number of nitro groups is 1. The van der Waals surface area contributed by atoms with Gasteiger partial charge in [0.1, 0.15) is 0 Å². The number of nitrogen functional groups attached to an aromatic ring is 1. The SMILES string of the molecule is Nc1ccc([N+](=O)[O-])cc1CN1CCCC1C1CCCC1. The Morgan fingerprint density at radius 3 is 2.71 bits per heavy atom. The number of hydrogen-bond acceptors (Lipinski definition) is 4. The number of non-ortho nitro benzene ring substituents is 1. The molecule has 2 aliphatic rings. The Labute approximate surface area is 125 Å². The van der Waals surface area contributed by atoms with Crippen molar-refractivity contribution in [1.29, 1.82) is 0 Å². The maximum absolute atomic E-state index is 10.9. The number of anilines is 1. The van der Waals surface area contributed by atoms with Crippen molar-refractivity contribution in [3.8, 4) is 0 Å². The third-order valence-electron chi connectivity index (χ3n) is 5.07. The molecule has 1 aliphatic carbocycles. The molecule has 5 nitrogen and oxygen atoms in total. The molecule has 0 radical (unpaired) electrons. The topological polar surface area (TPSA) is 72.4 Å². The highest BCUT2D eigenvalue weighted by atomic mass is 16.6. The molecule has 5 heteroatoms. The Hall–Kier alpha value is -1.62. The summed E-state index contributed by atoms with van der Waals surface area (Å²) in [6.45, 7) is 1.83. The molecule has 0 amide bonds. The van der Waals surface area contributed by atoms with E-state index in [1.165, 1.54) is 44.6 Å². The van der Waals surface area contributed by atoms with Crippen molar-refractivity contribution in [3.05, 3.63) is 33.9 Å². The highest BCUT2D eigenvalue weighted by Gasteiger charge is 2.33. The van der Waals surface area contributed by atoms with Gasteiger partial charge in [-0.2, -0.15) is 0 Å². The highest BCUT2D eigenvalue weighted by molar-refractivity contribution is 5.52. The first-order chi connectivity index (χ1) is 10.1. The number of hydrogen-bond donors (Lipinski definition) is 1. The van der Waals surface area contributed by atoms with Crippen LogP contribution in [0, 0.1) is 16.0 Å². The van der Waals surface area contributed by atoms with Crippen LogP contribution in [0.4, 0.5) is 11.4 Å². The zero-order chi connectivity index (χ0) is 14.8. The molecular formula is C16H23N3O2. The Balaban J connectivity index is 1.75. The molecule has 2 N–H and O–H groups in total. The average Bonchev–Trinajstić information content (AvgIpc) is 3.11. The number of nitro benzene ring substituents is 1. The second kappa shape index (κ2) is 6.02. The van der Waals surface area contributed by atoms with E-state index in [-0.39, 0.29) is 10.6 Å². The summed E-state index contributed by atoms with van der Waals surface area (Å²) in [4.78, 5) is 13.1. The molecule has 0 bridgehead atoms. The molecular weight excluding hydrogens is 266 g/mol. The van der Waals surface area contributed by atoms with E-state index in [0.29, 0.717) is 11.7 Å². The summed E-state index contributed by atoms with van der Waals surface area (Å²) in [5.74, 6) is 0.812. The van der Waals surface area contributed by atoms with E-state index in [1.54, 1.807) is 12.1 Å². The molecule has 1 aromatic carbocycles. The molecule has 2 fully saturated rings. The van der Waals surface area contributed by atoms with Crippen LogP contribution in [0.25, 0.3) is 0 Å². The summed E-state index contributed by atoms with van der Waals surface area (Å²) in [5, 5.41) is 10.9. The summed E-state index contributed by atoms with van der Waals surface area (Å²) in [6, 6.07) is 5.43. The van der Waals surface area contributed by atoms with Gasteiger partial charge in [0.05, 0.1) is 4.92 Å². The van der Waals surface area contributed by atoms with Gasteiger partial charge in [-0.05, 0) is 49.8 Å². The van der Waals surface area contributed by atoms with Gasteiger partial charge in [0.15, 0.2) is 0 Å². The van der Waals surface area contributed by atoms with Crippen molar-refractivity contribution in [2.75, 3.05) is 12.3 Å². The maximum Gasteiger partial charge on any atom is 0.269 e. The van der Waals surface area contributed by atoms with Crippen LogP contribution in [0.1, 0.15) is 44.1 Å². The maximum atomic E-state index is 10.9. The largest absolute Gasteiger partial charge is 0.398 e. The summed E-state index contributed by atoms with van der Waals surface area (Å²) in [7, 11) is 0. The molecule has 0 spiro atoms. The number of benzene rings is 1. The minimum Gasteiger partial charge on any atom is -0.398 e. The summed E-state index contributed by atoms with van der Waals surface area (Å²) < 4.78 is 0. The van der Waals surface area contributed by atoms with Crippen LogP contribution in [0.2, 0.25) is 0 Å². The average molecular weight is 289 g/mol. The van der Waals surface area contributed by atoms with Gasteiger partial charge in [0, 0.05) is 30.4 Å². The zero-order valence-electron chi connectivity index (χ0n) is 12.3. The van der Waals surface area contributed by atoms with Crippen LogP contribution < -0.4 is 5.73 Å². The van der Waals surface area contributed by atoms with Gasteiger partial charge in [-0.25, -0.2) is 0 Å². The third kappa shape index (κ3) is 3.02. The molecule has 114 valence electrons. The third-order valence-corrected chi connectivity index (χ3v) is 5.07. The summed E-state index contributed by atoms with van der Waals surface area (Å²) in [5.41, 5.74) is 7.71. The van der Waals surface area contributed by atoms with Gasteiger partial charge in [0.25, 0.3) is 5.69 Å². The first-order valence-electron chi connectivity index (χ1n) is 7.92. The van der Waals surface area contributed by atoms with Crippen molar-refractivity contribution in [3.63, 3.8) is 0 Å². The smallest absolute Gasteiger partial charge is 0.269 e. The quantitative estimate of drug-likeness (QED) is 0.524. The Kier molecular flexibility index (Phi) is 4.10. The van der Waals surface area contributed by atoms with Crippen molar-refractivity contribution in [1.82, 2.24) is 4.90 Å². The molecule has 1 saturated heterocycles. The number of rotatable bonds is 4. The van der Waals surface area contributed by atoms with Crippen molar-refractivity contribution in [2.45, 2.75) is 51.1 Å². The molecule has 3 rings (SSSR count). The normalized spacial score (nSPS) is 23.7. The molecule has 1 unspecified atom stereocenters. The minimum absolute atomic E-state index is 0.135. The standard InChI is InChI=1S/C16H23N3O2/c17-15-8-7-14(19(20)21)10-13(15)11-18-9-3-6-16(18)12-4-1-2-5-12/h7-8,10,12,16H,1-6,9,11,17H2. The highest BCUT2D eigenvalue weighted by Crippen LogP contribution is 2.36. The minimum atomic E-state index is -0.346. The van der Waals surface area contributed by atoms with Gasteiger partial charge in [-0.1, -0.05) is 12.8 Å². The first-order valence-corrected chi connectivity index (χ1v) is 7.92. The Bertz CT molecular complexity index is 526. The van der Waals surface area contributed by atoms with Gasteiger partial charge >= 0.3 is 0 Å². The van der Waals surface area contributed by atoms with E-state index in [1.807, 2.05) is 0 Å². The van der Waals surface area contributed by atoms with Crippen molar-refractivity contribution < 1.29 is 4.92 Å². The van der Waals surface area contributed by atoms with E-state index in [4.69, 9.17) is 5.73 Å². The van der Waals surface area contributed by atoms with Crippen molar-refractivity contribution in [2.24, 2.45) is 5.92 Å². The number of likely N-dealkylation sites (tertiary alicyclic amines) is 1. The van der Waals surface area contributed by atoms with Gasteiger partial charge in [-0.3, -0.25) is 15.0 Å². The Morgan fingerprint density at radius 2 is 2.00 bits per heavy atom.